The van der Waals surface area contributed by atoms with Crippen molar-refractivity contribution < 1.29 is 4.79 Å². The van der Waals surface area contributed by atoms with Crippen LogP contribution >= 0.6 is 11.8 Å². The number of carbonyl (C=O) groups excluding carboxylic acids is 1. The van der Waals surface area contributed by atoms with E-state index in [0.717, 1.165) is 24.0 Å². The minimum absolute atomic E-state index is 0.0478. The molecule has 2 aromatic heterocycles. The molecule has 1 amide bonds. The molecule has 170 valence electrons. The largest absolute Gasteiger partial charge is 0.308 e. The van der Waals surface area contributed by atoms with E-state index in [9.17, 15) is 9.59 Å². The predicted octanol–water partition coefficient (Wildman–Crippen LogP) is 4.16. The molecule has 8 heteroatoms. The summed E-state index contributed by atoms with van der Waals surface area (Å²) in [6, 6.07) is 15.7. The molecule has 0 spiro atoms. The van der Waals surface area contributed by atoms with E-state index in [0.29, 0.717) is 28.8 Å². The summed E-state index contributed by atoms with van der Waals surface area (Å²) >= 11 is 1.36. The summed E-state index contributed by atoms with van der Waals surface area (Å²) in [5.41, 5.74) is 2.91. The van der Waals surface area contributed by atoms with Crippen LogP contribution in [0.4, 0.5) is 5.69 Å². The van der Waals surface area contributed by atoms with Crippen molar-refractivity contribution in [1.82, 2.24) is 19.2 Å². The van der Waals surface area contributed by atoms with Crippen LogP contribution in [0, 0.1) is 5.92 Å². The highest BCUT2D eigenvalue weighted by molar-refractivity contribution is 7.99. The number of carbonyl (C=O) groups is 1. The summed E-state index contributed by atoms with van der Waals surface area (Å²) < 4.78 is 3.62. The van der Waals surface area contributed by atoms with Gasteiger partial charge in [-0.2, -0.15) is 0 Å². The fourth-order valence-electron chi connectivity index (χ4n) is 4.56. The molecule has 1 unspecified atom stereocenters. The van der Waals surface area contributed by atoms with Crippen molar-refractivity contribution >= 4 is 40.0 Å². The highest BCUT2D eigenvalue weighted by Crippen LogP contribution is 2.33. The number of aryl methyl sites for hydroxylation is 1. The van der Waals surface area contributed by atoms with Crippen molar-refractivity contribution in [3.8, 4) is 0 Å². The Kier molecular flexibility index (Phi) is 5.70. The quantitative estimate of drug-likeness (QED) is 0.403. The topological polar surface area (TPSA) is 72.5 Å². The molecule has 4 aromatic rings. The number of hydrogen-bond acceptors (Lipinski definition) is 5. The molecule has 0 fully saturated rings. The van der Waals surface area contributed by atoms with Crippen molar-refractivity contribution in [2.45, 2.75) is 51.4 Å². The predicted molar refractivity (Wildman–Crippen MR) is 132 cm³/mol. The zero-order valence-electron chi connectivity index (χ0n) is 19.1. The Hall–Kier alpha value is -3.13. The van der Waals surface area contributed by atoms with Gasteiger partial charge in [0.1, 0.15) is 0 Å². The Bertz CT molecular complexity index is 1410. The van der Waals surface area contributed by atoms with Crippen molar-refractivity contribution in [3.63, 3.8) is 0 Å². The second-order valence-electron chi connectivity index (χ2n) is 9.01. The molecule has 0 saturated carbocycles. The lowest BCUT2D eigenvalue weighted by Gasteiger charge is -2.22. The molecule has 3 heterocycles. The van der Waals surface area contributed by atoms with Crippen LogP contribution in [0.15, 0.2) is 58.5 Å². The monoisotopic (exact) mass is 461 g/mol. The minimum Gasteiger partial charge on any atom is -0.308 e. The van der Waals surface area contributed by atoms with E-state index >= 15 is 0 Å². The van der Waals surface area contributed by atoms with Crippen molar-refractivity contribution in [2.24, 2.45) is 5.92 Å². The first-order valence-corrected chi connectivity index (χ1v) is 12.3. The van der Waals surface area contributed by atoms with Gasteiger partial charge < -0.3 is 4.90 Å². The van der Waals surface area contributed by atoms with E-state index in [-0.39, 0.29) is 23.3 Å². The molecule has 1 atom stereocenters. The van der Waals surface area contributed by atoms with Crippen molar-refractivity contribution in [3.05, 3.63) is 64.4 Å². The summed E-state index contributed by atoms with van der Waals surface area (Å²) in [7, 11) is 0. The van der Waals surface area contributed by atoms with Gasteiger partial charge >= 0.3 is 0 Å². The van der Waals surface area contributed by atoms with Gasteiger partial charge in [-0.05, 0) is 49.4 Å². The van der Waals surface area contributed by atoms with Gasteiger partial charge in [0, 0.05) is 18.3 Å². The number of rotatable bonds is 6. The first-order chi connectivity index (χ1) is 16.0. The van der Waals surface area contributed by atoms with Gasteiger partial charge in [0.25, 0.3) is 5.56 Å². The fraction of sp³-hybridized carbons (Fsp3) is 0.360. The molecule has 0 aliphatic carbocycles. The number of benzene rings is 2. The summed E-state index contributed by atoms with van der Waals surface area (Å²) in [4.78, 5) is 28.3. The Balaban J connectivity index is 1.49. The van der Waals surface area contributed by atoms with E-state index in [1.807, 2.05) is 51.8 Å². The summed E-state index contributed by atoms with van der Waals surface area (Å²) in [6.45, 7) is 6.93. The molecule has 0 saturated heterocycles. The number of anilines is 1. The van der Waals surface area contributed by atoms with Gasteiger partial charge in [-0.3, -0.25) is 18.6 Å². The maximum atomic E-state index is 13.2. The molecule has 1 aliphatic rings. The molecule has 0 radical (unpaired) electrons. The Labute approximate surface area is 196 Å². The standard InChI is InChI=1S/C25H27N5O2S/c1-16(2)12-13-28-23(32)19-9-5-7-11-21(19)30-24(28)26-27-25(30)33-15-22(31)29-17(3)14-18-8-4-6-10-20(18)29/h4-11,16-17H,12-15H2,1-3H3. The number of thioether (sulfide) groups is 1. The SMILES string of the molecule is CC(C)CCn1c(=O)c2ccccc2n2c(SCC(=O)N3c4ccccc4CC3C)nnc12. The third-order valence-corrected chi connectivity index (χ3v) is 7.12. The molecule has 0 bridgehead atoms. The minimum atomic E-state index is -0.0544. The first-order valence-electron chi connectivity index (χ1n) is 11.3. The lowest BCUT2D eigenvalue weighted by molar-refractivity contribution is -0.116. The van der Waals surface area contributed by atoms with Crippen LogP contribution in [-0.4, -0.2) is 36.9 Å². The molecule has 2 aromatic carbocycles. The zero-order valence-corrected chi connectivity index (χ0v) is 19.9. The average molecular weight is 462 g/mol. The first kappa shape index (κ1) is 21.7. The van der Waals surface area contributed by atoms with Gasteiger partial charge in [-0.15, -0.1) is 10.2 Å². The van der Waals surface area contributed by atoms with Crippen LogP contribution in [0.5, 0.6) is 0 Å². The van der Waals surface area contributed by atoms with Crippen LogP contribution in [0.3, 0.4) is 0 Å². The Morgan fingerprint density at radius 3 is 2.70 bits per heavy atom. The molecule has 33 heavy (non-hydrogen) atoms. The van der Waals surface area contributed by atoms with Gasteiger partial charge in [0.2, 0.25) is 11.7 Å². The van der Waals surface area contributed by atoms with Crippen LogP contribution < -0.4 is 10.5 Å². The molecule has 5 rings (SSSR count). The number of hydrogen-bond donors (Lipinski definition) is 0. The van der Waals surface area contributed by atoms with Gasteiger partial charge in [-0.1, -0.05) is 55.9 Å². The second-order valence-corrected chi connectivity index (χ2v) is 9.95. The average Bonchev–Trinajstić information content (AvgIpc) is 3.37. The normalized spacial score (nSPS) is 15.6. The highest BCUT2D eigenvalue weighted by atomic mass is 32.2. The van der Waals surface area contributed by atoms with Gasteiger partial charge in [0.15, 0.2) is 5.16 Å². The fourth-order valence-corrected chi connectivity index (χ4v) is 5.36. The second kappa shape index (κ2) is 8.67. The Morgan fingerprint density at radius 1 is 1.12 bits per heavy atom. The number of amides is 1. The summed E-state index contributed by atoms with van der Waals surface area (Å²) in [6.07, 6.45) is 1.74. The number of para-hydroxylation sites is 2. The molecule has 1 aliphatic heterocycles. The van der Waals surface area contributed by atoms with E-state index in [1.165, 1.54) is 17.3 Å². The van der Waals surface area contributed by atoms with Crippen LogP contribution in [0.1, 0.15) is 32.8 Å². The number of aromatic nitrogens is 4. The third kappa shape index (κ3) is 3.82. The third-order valence-electron chi connectivity index (χ3n) is 6.21. The maximum absolute atomic E-state index is 13.2. The van der Waals surface area contributed by atoms with Gasteiger partial charge in [0.05, 0.1) is 16.7 Å². The number of fused-ring (bicyclic) bond motifs is 4. The van der Waals surface area contributed by atoms with Gasteiger partial charge in [-0.25, -0.2) is 0 Å². The lowest BCUT2D eigenvalue weighted by atomic mass is 10.1. The summed E-state index contributed by atoms with van der Waals surface area (Å²) in [5, 5.41) is 9.99. The molecule has 0 N–H and O–H groups in total. The molecule has 7 nitrogen and oxygen atoms in total. The lowest BCUT2D eigenvalue weighted by Crippen LogP contribution is -2.37. The molecular weight excluding hydrogens is 434 g/mol. The Morgan fingerprint density at radius 2 is 1.88 bits per heavy atom. The van der Waals surface area contributed by atoms with Crippen molar-refractivity contribution in [1.29, 1.82) is 0 Å². The summed E-state index contributed by atoms with van der Waals surface area (Å²) in [5.74, 6) is 1.28. The smallest absolute Gasteiger partial charge is 0.262 e. The van der Waals surface area contributed by atoms with E-state index in [1.54, 1.807) is 4.57 Å². The van der Waals surface area contributed by atoms with E-state index in [4.69, 9.17) is 0 Å². The maximum Gasteiger partial charge on any atom is 0.262 e. The van der Waals surface area contributed by atoms with Crippen molar-refractivity contribution in [2.75, 3.05) is 10.7 Å². The molecular formula is C25H27N5O2S. The van der Waals surface area contributed by atoms with E-state index in [2.05, 4.69) is 37.0 Å². The zero-order chi connectivity index (χ0) is 23.1. The van der Waals surface area contributed by atoms with Crippen LogP contribution in [-0.2, 0) is 17.8 Å². The van der Waals surface area contributed by atoms with E-state index < -0.39 is 0 Å². The van der Waals surface area contributed by atoms with Crippen LogP contribution in [0.2, 0.25) is 0 Å². The highest BCUT2D eigenvalue weighted by Gasteiger charge is 2.30. The number of nitrogens with zero attached hydrogens (tertiary/aromatic N) is 5. The van der Waals surface area contributed by atoms with Crippen LogP contribution in [0.25, 0.3) is 16.7 Å².